The quantitative estimate of drug-likeness (QED) is 0.663. The molecule has 1 atom stereocenters. The second kappa shape index (κ2) is 7.87. The maximum Gasteiger partial charge on any atom is 0.246 e. The molecule has 0 bridgehead atoms. The first-order valence-corrected chi connectivity index (χ1v) is 6.13. The van der Waals surface area contributed by atoms with Crippen molar-refractivity contribution in [2.24, 2.45) is 0 Å². The summed E-state index contributed by atoms with van der Waals surface area (Å²) in [5.74, 6) is -0.102. The summed E-state index contributed by atoms with van der Waals surface area (Å²) in [6.45, 7) is 6.35. The molecule has 0 aliphatic heterocycles. The van der Waals surface area contributed by atoms with Gasteiger partial charge in [-0.2, -0.15) is 0 Å². The second-order valence-corrected chi connectivity index (χ2v) is 4.19. The SMILES string of the molecule is C/C=C/C(=O)N(CCC)[C@H](CC)C(=O)N(C)C. The molecule has 4 heteroatoms. The van der Waals surface area contributed by atoms with Crippen LogP contribution in [0.15, 0.2) is 12.2 Å². The lowest BCUT2D eigenvalue weighted by Crippen LogP contribution is -2.48. The number of hydrogen-bond donors (Lipinski definition) is 0. The van der Waals surface area contributed by atoms with Gasteiger partial charge in [-0.15, -0.1) is 0 Å². The first-order valence-electron chi connectivity index (χ1n) is 6.13. The monoisotopic (exact) mass is 240 g/mol. The van der Waals surface area contributed by atoms with E-state index in [1.165, 1.54) is 6.08 Å². The fourth-order valence-corrected chi connectivity index (χ4v) is 1.73. The highest BCUT2D eigenvalue weighted by Gasteiger charge is 2.27. The maximum atomic E-state index is 12.0. The standard InChI is InChI=1S/C13H24N2O2/c1-6-9-12(16)15(10-7-2)11(8-3)13(17)14(4)5/h6,9,11H,7-8,10H2,1-5H3/b9-6+/t11-/m1/s1. The minimum atomic E-state index is -0.353. The molecule has 0 fully saturated rings. The summed E-state index contributed by atoms with van der Waals surface area (Å²) in [5.41, 5.74) is 0. The molecule has 0 saturated carbocycles. The van der Waals surface area contributed by atoms with Crippen LogP contribution in [0.5, 0.6) is 0 Å². The van der Waals surface area contributed by atoms with E-state index in [1.54, 1.807) is 36.9 Å². The number of carbonyl (C=O) groups excluding carboxylic acids is 2. The van der Waals surface area contributed by atoms with E-state index in [9.17, 15) is 9.59 Å². The summed E-state index contributed by atoms with van der Waals surface area (Å²) in [6.07, 6.45) is 4.71. The van der Waals surface area contributed by atoms with Crippen LogP contribution in [0, 0.1) is 0 Å². The van der Waals surface area contributed by atoms with E-state index >= 15 is 0 Å². The van der Waals surface area contributed by atoms with E-state index in [2.05, 4.69) is 0 Å². The molecule has 17 heavy (non-hydrogen) atoms. The predicted octanol–water partition coefficient (Wildman–Crippen LogP) is 1.67. The van der Waals surface area contributed by atoms with Crippen LogP contribution in [0.1, 0.15) is 33.6 Å². The first kappa shape index (κ1) is 15.7. The minimum absolute atomic E-state index is 0.0150. The van der Waals surface area contributed by atoms with Crippen LogP contribution in [0.2, 0.25) is 0 Å². The number of carbonyl (C=O) groups is 2. The Hall–Kier alpha value is -1.32. The van der Waals surface area contributed by atoms with Gasteiger partial charge in [0.1, 0.15) is 6.04 Å². The van der Waals surface area contributed by atoms with Crippen molar-refractivity contribution in [2.45, 2.75) is 39.7 Å². The van der Waals surface area contributed by atoms with Crippen LogP contribution in [0.3, 0.4) is 0 Å². The molecule has 0 heterocycles. The molecular weight excluding hydrogens is 216 g/mol. The van der Waals surface area contributed by atoms with Crippen LogP contribution >= 0.6 is 0 Å². The van der Waals surface area contributed by atoms with E-state index < -0.39 is 0 Å². The van der Waals surface area contributed by atoms with E-state index in [-0.39, 0.29) is 17.9 Å². The maximum absolute atomic E-state index is 12.0. The number of amides is 2. The molecule has 0 aliphatic carbocycles. The number of hydrogen-bond acceptors (Lipinski definition) is 2. The zero-order chi connectivity index (χ0) is 13.4. The van der Waals surface area contributed by atoms with Gasteiger partial charge < -0.3 is 9.80 Å². The van der Waals surface area contributed by atoms with Gasteiger partial charge in [-0.3, -0.25) is 9.59 Å². The van der Waals surface area contributed by atoms with Gasteiger partial charge in [0.15, 0.2) is 0 Å². The van der Waals surface area contributed by atoms with Gasteiger partial charge in [-0.25, -0.2) is 0 Å². The van der Waals surface area contributed by atoms with Crippen LogP contribution in [0.25, 0.3) is 0 Å². The predicted molar refractivity (Wildman–Crippen MR) is 69.6 cm³/mol. The van der Waals surface area contributed by atoms with Gasteiger partial charge in [0.25, 0.3) is 0 Å². The Kier molecular flexibility index (Phi) is 7.26. The molecule has 4 nitrogen and oxygen atoms in total. The fourth-order valence-electron chi connectivity index (χ4n) is 1.73. The summed E-state index contributed by atoms with van der Waals surface area (Å²) < 4.78 is 0. The largest absolute Gasteiger partial charge is 0.347 e. The van der Waals surface area contributed by atoms with Gasteiger partial charge in [-0.1, -0.05) is 19.9 Å². The van der Waals surface area contributed by atoms with Crippen LogP contribution in [-0.4, -0.2) is 48.3 Å². The topological polar surface area (TPSA) is 40.6 Å². The summed E-state index contributed by atoms with van der Waals surface area (Å²) in [4.78, 5) is 27.1. The third-order valence-corrected chi connectivity index (χ3v) is 2.55. The Morgan fingerprint density at radius 3 is 2.18 bits per heavy atom. The van der Waals surface area contributed by atoms with Crippen molar-refractivity contribution in [1.29, 1.82) is 0 Å². The van der Waals surface area contributed by atoms with Crippen LogP contribution in [0.4, 0.5) is 0 Å². The van der Waals surface area contributed by atoms with Crippen molar-refractivity contribution in [3.8, 4) is 0 Å². The average Bonchev–Trinajstić information content (AvgIpc) is 2.28. The fraction of sp³-hybridized carbons (Fsp3) is 0.692. The number of rotatable bonds is 6. The van der Waals surface area contributed by atoms with Gasteiger partial charge in [0, 0.05) is 20.6 Å². The molecule has 0 aromatic carbocycles. The van der Waals surface area contributed by atoms with E-state index in [0.717, 1.165) is 6.42 Å². The highest BCUT2D eigenvalue weighted by atomic mass is 16.2. The van der Waals surface area contributed by atoms with E-state index in [0.29, 0.717) is 13.0 Å². The van der Waals surface area contributed by atoms with Crippen LogP contribution < -0.4 is 0 Å². The molecule has 0 unspecified atom stereocenters. The molecular formula is C13H24N2O2. The number of nitrogens with zero attached hydrogens (tertiary/aromatic N) is 2. The first-order chi connectivity index (χ1) is 7.99. The third-order valence-electron chi connectivity index (χ3n) is 2.55. The van der Waals surface area contributed by atoms with Crippen molar-refractivity contribution in [3.05, 3.63) is 12.2 Å². The zero-order valence-electron chi connectivity index (χ0n) is 11.6. The molecule has 0 N–H and O–H groups in total. The van der Waals surface area contributed by atoms with E-state index in [4.69, 9.17) is 0 Å². The van der Waals surface area contributed by atoms with Crippen molar-refractivity contribution in [2.75, 3.05) is 20.6 Å². The molecule has 98 valence electrons. The highest BCUT2D eigenvalue weighted by molar-refractivity contribution is 5.92. The van der Waals surface area contributed by atoms with Crippen molar-refractivity contribution >= 4 is 11.8 Å². The number of allylic oxidation sites excluding steroid dienone is 1. The zero-order valence-corrected chi connectivity index (χ0v) is 11.6. The van der Waals surface area contributed by atoms with Crippen molar-refractivity contribution < 1.29 is 9.59 Å². The van der Waals surface area contributed by atoms with Gasteiger partial charge in [0.05, 0.1) is 0 Å². The molecule has 0 radical (unpaired) electrons. The molecule has 2 amide bonds. The molecule has 0 rings (SSSR count). The van der Waals surface area contributed by atoms with E-state index in [1.807, 2.05) is 13.8 Å². The Balaban J connectivity index is 4.98. The molecule has 0 aromatic rings. The molecule has 0 aromatic heterocycles. The highest BCUT2D eigenvalue weighted by Crippen LogP contribution is 2.09. The van der Waals surface area contributed by atoms with Gasteiger partial charge >= 0.3 is 0 Å². The lowest BCUT2D eigenvalue weighted by molar-refractivity contribution is -0.142. The average molecular weight is 240 g/mol. The third kappa shape index (κ3) is 4.59. The normalized spacial score (nSPS) is 12.5. The van der Waals surface area contributed by atoms with Gasteiger partial charge in [-0.05, 0) is 25.8 Å². The Morgan fingerprint density at radius 1 is 1.24 bits per heavy atom. The van der Waals surface area contributed by atoms with Crippen molar-refractivity contribution in [3.63, 3.8) is 0 Å². The smallest absolute Gasteiger partial charge is 0.246 e. The Morgan fingerprint density at radius 2 is 1.82 bits per heavy atom. The summed E-state index contributed by atoms with van der Waals surface area (Å²) in [7, 11) is 3.44. The van der Waals surface area contributed by atoms with Gasteiger partial charge in [0.2, 0.25) is 11.8 Å². The van der Waals surface area contributed by atoms with Crippen LogP contribution in [-0.2, 0) is 9.59 Å². The lowest BCUT2D eigenvalue weighted by Gasteiger charge is -2.31. The Bertz CT molecular complexity index is 285. The minimum Gasteiger partial charge on any atom is -0.347 e. The second-order valence-electron chi connectivity index (χ2n) is 4.19. The molecule has 0 spiro atoms. The summed E-state index contributed by atoms with van der Waals surface area (Å²) in [6, 6.07) is -0.353. The number of likely N-dealkylation sites (N-methyl/N-ethyl adjacent to an activating group) is 1. The summed E-state index contributed by atoms with van der Waals surface area (Å²) in [5, 5.41) is 0. The van der Waals surface area contributed by atoms with Crippen molar-refractivity contribution in [1.82, 2.24) is 9.80 Å². The lowest BCUT2D eigenvalue weighted by atomic mass is 10.1. The summed E-state index contributed by atoms with van der Waals surface area (Å²) >= 11 is 0. The Labute approximate surface area is 104 Å². The molecule has 0 aliphatic rings. The molecule has 0 saturated heterocycles.